The van der Waals surface area contributed by atoms with Crippen LogP contribution in [0.5, 0.6) is 0 Å². The minimum absolute atomic E-state index is 0.191. The summed E-state index contributed by atoms with van der Waals surface area (Å²) in [6.45, 7) is 5.52. The van der Waals surface area contributed by atoms with E-state index >= 15 is 0 Å². The zero-order valence-electron chi connectivity index (χ0n) is 13.8. The molecule has 1 unspecified atom stereocenters. The maximum absolute atomic E-state index is 12.2. The lowest BCUT2D eigenvalue weighted by atomic mass is 10.1. The van der Waals surface area contributed by atoms with E-state index < -0.39 is 23.7 Å². The molecule has 0 saturated heterocycles. The lowest BCUT2D eigenvalue weighted by Gasteiger charge is -2.22. The molecule has 6 heteroatoms. The third-order valence-corrected chi connectivity index (χ3v) is 3.59. The fourth-order valence-electron chi connectivity index (χ4n) is 1.81. The van der Waals surface area contributed by atoms with Crippen molar-refractivity contribution in [2.24, 2.45) is 0 Å². The van der Waals surface area contributed by atoms with Crippen molar-refractivity contribution in [1.82, 2.24) is 5.32 Å². The highest BCUT2D eigenvalue weighted by molar-refractivity contribution is 14.1. The van der Waals surface area contributed by atoms with E-state index in [-0.39, 0.29) is 6.61 Å². The number of hydrogen-bond donors (Lipinski definition) is 1. The van der Waals surface area contributed by atoms with Crippen LogP contribution in [0.2, 0.25) is 0 Å². The Morgan fingerprint density at radius 2 is 1.87 bits per heavy atom. The van der Waals surface area contributed by atoms with E-state index in [9.17, 15) is 9.59 Å². The summed E-state index contributed by atoms with van der Waals surface area (Å²) in [5, 5.41) is 2.61. The Morgan fingerprint density at radius 1 is 1.22 bits per heavy atom. The van der Waals surface area contributed by atoms with Crippen LogP contribution in [0.1, 0.15) is 39.2 Å². The van der Waals surface area contributed by atoms with Gasteiger partial charge in [-0.1, -0.05) is 52.9 Å². The van der Waals surface area contributed by atoms with Gasteiger partial charge in [-0.25, -0.2) is 9.59 Å². The standard InChI is InChI=1S/C17H24INO4/c1-17(2,3)23-16(21)19-14(10-7-11-18)15(20)22-12-13-8-5-4-6-9-13/h4-6,8-9,14H,7,10-12H2,1-3H3,(H,19,21). The van der Waals surface area contributed by atoms with Crippen LogP contribution in [-0.4, -0.2) is 28.1 Å². The molecular weight excluding hydrogens is 409 g/mol. The van der Waals surface area contributed by atoms with Crippen LogP contribution in [0.15, 0.2) is 30.3 Å². The third kappa shape index (κ3) is 8.78. The number of alkyl halides is 1. The van der Waals surface area contributed by atoms with Gasteiger partial charge in [-0.3, -0.25) is 0 Å². The molecule has 5 nitrogen and oxygen atoms in total. The van der Waals surface area contributed by atoms with Crippen LogP contribution < -0.4 is 5.32 Å². The first-order valence-corrected chi connectivity index (χ1v) is 9.10. The summed E-state index contributed by atoms with van der Waals surface area (Å²) < 4.78 is 11.4. The van der Waals surface area contributed by atoms with Gasteiger partial charge in [0.15, 0.2) is 0 Å². The molecule has 1 atom stereocenters. The number of rotatable bonds is 7. The van der Waals surface area contributed by atoms with Gasteiger partial charge in [-0.05, 0) is 43.6 Å². The van der Waals surface area contributed by atoms with Crippen LogP contribution in [-0.2, 0) is 20.9 Å². The molecule has 1 aromatic carbocycles. The Labute approximate surface area is 151 Å². The first-order chi connectivity index (χ1) is 10.8. The van der Waals surface area contributed by atoms with Crippen LogP contribution in [0.3, 0.4) is 0 Å². The summed E-state index contributed by atoms with van der Waals surface area (Å²) >= 11 is 2.23. The highest BCUT2D eigenvalue weighted by atomic mass is 127. The van der Waals surface area contributed by atoms with E-state index in [1.807, 2.05) is 30.3 Å². The smallest absolute Gasteiger partial charge is 0.408 e. The van der Waals surface area contributed by atoms with Crippen molar-refractivity contribution in [3.05, 3.63) is 35.9 Å². The van der Waals surface area contributed by atoms with Gasteiger partial charge < -0.3 is 14.8 Å². The second-order valence-electron chi connectivity index (χ2n) is 6.12. The van der Waals surface area contributed by atoms with Gasteiger partial charge in [0.1, 0.15) is 18.2 Å². The lowest BCUT2D eigenvalue weighted by molar-refractivity contribution is -0.147. The maximum atomic E-state index is 12.2. The molecule has 0 aliphatic carbocycles. The van der Waals surface area contributed by atoms with E-state index in [0.717, 1.165) is 16.4 Å². The second kappa shape index (κ2) is 9.75. The number of hydrogen-bond acceptors (Lipinski definition) is 4. The van der Waals surface area contributed by atoms with Crippen LogP contribution >= 0.6 is 22.6 Å². The molecule has 0 bridgehead atoms. The van der Waals surface area contributed by atoms with Crippen LogP contribution in [0.25, 0.3) is 0 Å². The molecule has 0 fully saturated rings. The molecular formula is C17H24INO4. The van der Waals surface area contributed by atoms with E-state index in [1.54, 1.807) is 20.8 Å². The number of ether oxygens (including phenoxy) is 2. The summed E-state index contributed by atoms with van der Waals surface area (Å²) in [7, 11) is 0. The number of alkyl carbamates (subject to hydrolysis) is 1. The van der Waals surface area contributed by atoms with E-state index in [4.69, 9.17) is 9.47 Å². The minimum atomic E-state index is -0.691. The third-order valence-electron chi connectivity index (χ3n) is 2.83. The van der Waals surface area contributed by atoms with Gasteiger partial charge in [0, 0.05) is 0 Å². The average molecular weight is 433 g/mol. The van der Waals surface area contributed by atoms with Crippen molar-refractivity contribution in [3.8, 4) is 0 Å². The van der Waals surface area contributed by atoms with Gasteiger partial charge in [-0.15, -0.1) is 0 Å². The summed E-state index contributed by atoms with van der Waals surface area (Å²) in [5.41, 5.74) is 0.303. The molecule has 0 saturated carbocycles. The van der Waals surface area contributed by atoms with Gasteiger partial charge in [0.2, 0.25) is 0 Å². The lowest BCUT2D eigenvalue weighted by Crippen LogP contribution is -2.44. The van der Waals surface area contributed by atoms with Gasteiger partial charge >= 0.3 is 12.1 Å². The topological polar surface area (TPSA) is 64.6 Å². The van der Waals surface area contributed by atoms with Crippen LogP contribution in [0, 0.1) is 0 Å². The maximum Gasteiger partial charge on any atom is 0.408 e. The number of benzene rings is 1. The number of esters is 1. The zero-order chi connectivity index (χ0) is 17.3. The number of amides is 1. The van der Waals surface area contributed by atoms with Crippen molar-refractivity contribution in [3.63, 3.8) is 0 Å². The van der Waals surface area contributed by atoms with Crippen molar-refractivity contribution >= 4 is 34.7 Å². The summed E-state index contributed by atoms with van der Waals surface area (Å²) in [6, 6.07) is 8.75. The van der Waals surface area contributed by atoms with Gasteiger partial charge in [-0.2, -0.15) is 0 Å². The number of nitrogens with one attached hydrogen (secondary N) is 1. The van der Waals surface area contributed by atoms with Crippen molar-refractivity contribution in [1.29, 1.82) is 0 Å². The van der Waals surface area contributed by atoms with E-state index in [0.29, 0.717) is 6.42 Å². The molecule has 1 N–H and O–H groups in total. The fraction of sp³-hybridized carbons (Fsp3) is 0.529. The second-order valence-corrected chi connectivity index (χ2v) is 7.20. The van der Waals surface area contributed by atoms with Crippen molar-refractivity contribution < 1.29 is 19.1 Å². The van der Waals surface area contributed by atoms with Crippen LogP contribution in [0.4, 0.5) is 4.79 Å². The molecule has 0 aliphatic rings. The molecule has 128 valence electrons. The quantitative estimate of drug-likeness (QED) is 0.403. The zero-order valence-corrected chi connectivity index (χ0v) is 16.0. The Hall–Kier alpha value is -1.31. The SMILES string of the molecule is CC(C)(C)OC(=O)NC(CCCI)C(=O)OCc1ccccc1. The predicted octanol–water partition coefficient (Wildman–Crippen LogP) is 3.84. The largest absolute Gasteiger partial charge is 0.459 e. The highest BCUT2D eigenvalue weighted by Gasteiger charge is 2.25. The van der Waals surface area contributed by atoms with Crippen molar-refractivity contribution in [2.45, 2.75) is 51.9 Å². The first kappa shape index (κ1) is 19.7. The van der Waals surface area contributed by atoms with Gasteiger partial charge in [0.25, 0.3) is 0 Å². The van der Waals surface area contributed by atoms with E-state index in [1.165, 1.54) is 0 Å². The number of carbonyl (C=O) groups excluding carboxylic acids is 2. The summed E-state index contributed by atoms with van der Waals surface area (Å²) in [5.74, 6) is -0.440. The first-order valence-electron chi connectivity index (χ1n) is 7.58. The molecule has 0 aliphatic heterocycles. The normalized spacial score (nSPS) is 12.3. The Balaban J connectivity index is 2.57. The van der Waals surface area contributed by atoms with Gasteiger partial charge in [0.05, 0.1) is 0 Å². The average Bonchev–Trinajstić information content (AvgIpc) is 2.48. The molecule has 1 aromatic rings. The Kier molecular flexibility index (Phi) is 8.36. The molecule has 0 heterocycles. The van der Waals surface area contributed by atoms with Crippen molar-refractivity contribution in [2.75, 3.05) is 4.43 Å². The molecule has 1 amide bonds. The van der Waals surface area contributed by atoms with E-state index in [2.05, 4.69) is 27.9 Å². The molecule has 0 spiro atoms. The Morgan fingerprint density at radius 3 is 2.43 bits per heavy atom. The number of halogens is 1. The molecule has 0 radical (unpaired) electrons. The monoisotopic (exact) mass is 433 g/mol. The molecule has 1 rings (SSSR count). The fourth-order valence-corrected chi connectivity index (χ4v) is 2.25. The number of carbonyl (C=O) groups is 2. The minimum Gasteiger partial charge on any atom is -0.459 e. The summed E-state index contributed by atoms with van der Waals surface area (Å²) in [4.78, 5) is 24.1. The Bertz CT molecular complexity index is 499. The molecule has 23 heavy (non-hydrogen) atoms. The molecule has 0 aromatic heterocycles. The highest BCUT2D eigenvalue weighted by Crippen LogP contribution is 2.10. The predicted molar refractivity (Wildman–Crippen MR) is 97.5 cm³/mol. The summed E-state index contributed by atoms with van der Waals surface area (Å²) in [6.07, 6.45) is 0.727.